The van der Waals surface area contributed by atoms with Gasteiger partial charge in [-0.2, -0.15) is 5.10 Å². The van der Waals surface area contributed by atoms with Crippen LogP contribution < -0.4 is 0 Å². The van der Waals surface area contributed by atoms with Crippen molar-refractivity contribution in [2.24, 2.45) is 5.92 Å². The SMILES string of the molecule is O=C(O)C1CCN(C(=O)CSc2ncnc3c2cnn3-c2ccccc2)CC1. The van der Waals surface area contributed by atoms with Gasteiger partial charge >= 0.3 is 5.97 Å². The van der Waals surface area contributed by atoms with Crippen LogP contribution in [0.15, 0.2) is 47.9 Å². The largest absolute Gasteiger partial charge is 0.481 e. The Morgan fingerprint density at radius 1 is 1.14 bits per heavy atom. The number of piperidine rings is 1. The first-order valence-corrected chi connectivity index (χ1v) is 9.99. The van der Waals surface area contributed by atoms with Crippen LogP contribution in [0.5, 0.6) is 0 Å². The Kier molecular flexibility index (Phi) is 5.25. The molecule has 144 valence electrons. The summed E-state index contributed by atoms with van der Waals surface area (Å²) in [6.45, 7) is 0.975. The zero-order valence-electron chi connectivity index (χ0n) is 15.1. The highest BCUT2D eigenvalue weighted by Gasteiger charge is 2.27. The molecular formula is C19H19N5O3S. The maximum absolute atomic E-state index is 12.5. The smallest absolute Gasteiger partial charge is 0.306 e. The molecule has 8 nitrogen and oxygen atoms in total. The van der Waals surface area contributed by atoms with Gasteiger partial charge in [0.05, 0.1) is 28.9 Å². The minimum absolute atomic E-state index is 0.00366. The molecule has 0 bridgehead atoms. The van der Waals surface area contributed by atoms with Gasteiger partial charge in [0.25, 0.3) is 0 Å². The number of aromatic nitrogens is 4. The highest BCUT2D eigenvalue weighted by atomic mass is 32.2. The second-order valence-electron chi connectivity index (χ2n) is 6.59. The molecule has 9 heteroatoms. The van der Waals surface area contributed by atoms with E-state index in [2.05, 4.69) is 15.1 Å². The van der Waals surface area contributed by atoms with E-state index in [0.717, 1.165) is 11.1 Å². The molecule has 1 aliphatic heterocycles. The number of hydrogen-bond acceptors (Lipinski definition) is 6. The second-order valence-corrected chi connectivity index (χ2v) is 7.55. The fourth-order valence-corrected chi connectivity index (χ4v) is 4.16. The summed E-state index contributed by atoms with van der Waals surface area (Å²) in [6, 6.07) is 9.71. The van der Waals surface area contributed by atoms with Crippen LogP contribution in [-0.4, -0.2) is 60.5 Å². The number of fused-ring (bicyclic) bond motifs is 1. The second kappa shape index (κ2) is 7.97. The lowest BCUT2D eigenvalue weighted by molar-refractivity contribution is -0.145. The Morgan fingerprint density at radius 3 is 2.61 bits per heavy atom. The minimum Gasteiger partial charge on any atom is -0.481 e. The quantitative estimate of drug-likeness (QED) is 0.520. The van der Waals surface area contributed by atoms with E-state index in [-0.39, 0.29) is 17.6 Å². The molecule has 0 saturated carbocycles. The van der Waals surface area contributed by atoms with Gasteiger partial charge in [-0.05, 0) is 25.0 Å². The number of thioether (sulfide) groups is 1. The van der Waals surface area contributed by atoms with Crippen molar-refractivity contribution < 1.29 is 14.7 Å². The molecule has 2 aromatic heterocycles. The third kappa shape index (κ3) is 3.70. The predicted molar refractivity (Wildman–Crippen MR) is 104 cm³/mol. The zero-order valence-corrected chi connectivity index (χ0v) is 15.9. The van der Waals surface area contributed by atoms with E-state index in [9.17, 15) is 9.59 Å². The van der Waals surface area contributed by atoms with E-state index < -0.39 is 5.97 Å². The molecular weight excluding hydrogens is 378 g/mol. The van der Waals surface area contributed by atoms with Gasteiger partial charge in [-0.1, -0.05) is 30.0 Å². The summed E-state index contributed by atoms with van der Waals surface area (Å²) in [5.41, 5.74) is 1.60. The molecule has 1 saturated heterocycles. The molecule has 0 aliphatic carbocycles. The number of aliphatic carboxylic acids is 1. The number of benzene rings is 1. The molecule has 0 unspecified atom stereocenters. The Morgan fingerprint density at radius 2 is 1.89 bits per heavy atom. The van der Waals surface area contributed by atoms with Crippen LogP contribution in [0.3, 0.4) is 0 Å². The summed E-state index contributed by atoms with van der Waals surface area (Å²) in [5.74, 6) is -0.876. The van der Waals surface area contributed by atoms with E-state index in [0.29, 0.717) is 36.6 Å². The maximum Gasteiger partial charge on any atom is 0.306 e. The van der Waals surface area contributed by atoms with E-state index >= 15 is 0 Å². The topological polar surface area (TPSA) is 101 Å². The first-order chi connectivity index (χ1) is 13.6. The van der Waals surface area contributed by atoms with Crippen LogP contribution in [0.1, 0.15) is 12.8 Å². The molecule has 3 heterocycles. The van der Waals surface area contributed by atoms with Gasteiger partial charge in [0, 0.05) is 13.1 Å². The number of nitrogens with zero attached hydrogens (tertiary/aromatic N) is 5. The molecule has 1 amide bonds. The Balaban J connectivity index is 1.45. The zero-order chi connectivity index (χ0) is 19.5. The van der Waals surface area contributed by atoms with E-state index in [1.54, 1.807) is 15.8 Å². The molecule has 28 heavy (non-hydrogen) atoms. The number of carboxylic acid groups (broad SMARTS) is 1. The van der Waals surface area contributed by atoms with Crippen LogP contribution in [0.25, 0.3) is 16.7 Å². The molecule has 0 spiro atoms. The van der Waals surface area contributed by atoms with Crippen LogP contribution in [0.2, 0.25) is 0 Å². The first-order valence-electron chi connectivity index (χ1n) is 9.01. The van der Waals surface area contributed by atoms with Gasteiger partial charge in [-0.15, -0.1) is 0 Å². The fraction of sp³-hybridized carbons (Fsp3) is 0.316. The van der Waals surface area contributed by atoms with Crippen LogP contribution in [0.4, 0.5) is 0 Å². The lowest BCUT2D eigenvalue weighted by Gasteiger charge is -2.30. The lowest BCUT2D eigenvalue weighted by atomic mass is 9.97. The lowest BCUT2D eigenvalue weighted by Crippen LogP contribution is -2.41. The Hall–Kier alpha value is -2.94. The molecule has 4 rings (SSSR count). The van der Waals surface area contributed by atoms with Crippen molar-refractivity contribution in [1.82, 2.24) is 24.6 Å². The van der Waals surface area contributed by atoms with Gasteiger partial charge < -0.3 is 10.0 Å². The molecule has 1 N–H and O–H groups in total. The van der Waals surface area contributed by atoms with E-state index in [1.165, 1.54) is 18.1 Å². The van der Waals surface area contributed by atoms with Crippen LogP contribution >= 0.6 is 11.8 Å². The number of carbonyl (C=O) groups is 2. The highest BCUT2D eigenvalue weighted by molar-refractivity contribution is 8.00. The Bertz CT molecular complexity index is 999. The molecule has 0 radical (unpaired) electrons. The summed E-state index contributed by atoms with van der Waals surface area (Å²) in [4.78, 5) is 33.9. The highest BCUT2D eigenvalue weighted by Crippen LogP contribution is 2.26. The minimum atomic E-state index is -0.778. The number of para-hydroxylation sites is 1. The van der Waals surface area contributed by atoms with Crippen molar-refractivity contribution >= 4 is 34.7 Å². The third-order valence-corrected chi connectivity index (χ3v) is 5.85. The van der Waals surface area contributed by atoms with Crippen molar-refractivity contribution in [1.29, 1.82) is 0 Å². The average Bonchev–Trinajstić information content (AvgIpc) is 3.17. The molecule has 3 aromatic rings. The van der Waals surface area contributed by atoms with Crippen molar-refractivity contribution in [3.63, 3.8) is 0 Å². The molecule has 1 aromatic carbocycles. The third-order valence-electron chi connectivity index (χ3n) is 4.86. The molecule has 0 atom stereocenters. The molecule has 1 fully saturated rings. The number of carboxylic acids is 1. The number of amides is 1. The van der Waals surface area contributed by atoms with Crippen molar-refractivity contribution in [2.45, 2.75) is 17.9 Å². The average molecular weight is 397 g/mol. The number of carbonyl (C=O) groups excluding carboxylic acids is 1. The summed E-state index contributed by atoms with van der Waals surface area (Å²) in [5, 5.41) is 15.0. The fourth-order valence-electron chi connectivity index (χ4n) is 3.29. The standard InChI is InChI=1S/C19H19N5O3S/c25-16(23-8-6-13(7-9-23)19(26)27)11-28-18-15-10-22-24(17(15)20-12-21-18)14-4-2-1-3-5-14/h1-5,10,12-13H,6-9,11H2,(H,26,27). The van der Waals surface area contributed by atoms with E-state index in [1.807, 2.05) is 30.3 Å². The monoisotopic (exact) mass is 397 g/mol. The summed E-state index contributed by atoms with van der Waals surface area (Å²) >= 11 is 1.36. The number of rotatable bonds is 5. The predicted octanol–water partition coefficient (Wildman–Crippen LogP) is 2.23. The van der Waals surface area contributed by atoms with Crippen molar-refractivity contribution in [3.8, 4) is 5.69 Å². The summed E-state index contributed by atoms with van der Waals surface area (Å²) < 4.78 is 1.75. The van der Waals surface area contributed by atoms with Crippen LogP contribution in [-0.2, 0) is 9.59 Å². The van der Waals surface area contributed by atoms with Gasteiger partial charge in [-0.25, -0.2) is 14.6 Å². The van der Waals surface area contributed by atoms with Gasteiger partial charge in [-0.3, -0.25) is 9.59 Å². The Labute approximate surface area is 165 Å². The summed E-state index contributed by atoms with van der Waals surface area (Å²) in [7, 11) is 0. The van der Waals surface area contributed by atoms with Gasteiger partial charge in [0.15, 0.2) is 5.65 Å². The first kappa shape index (κ1) is 18.4. The number of hydrogen-bond donors (Lipinski definition) is 1. The van der Waals surface area contributed by atoms with Crippen LogP contribution in [0, 0.1) is 5.92 Å². The summed E-state index contributed by atoms with van der Waals surface area (Å²) in [6.07, 6.45) is 4.21. The van der Waals surface area contributed by atoms with Gasteiger partial charge in [0.2, 0.25) is 5.91 Å². The van der Waals surface area contributed by atoms with Crippen molar-refractivity contribution in [2.75, 3.05) is 18.8 Å². The van der Waals surface area contributed by atoms with Gasteiger partial charge in [0.1, 0.15) is 11.4 Å². The molecule has 1 aliphatic rings. The normalized spacial score (nSPS) is 15.1. The number of likely N-dealkylation sites (tertiary alicyclic amines) is 1. The van der Waals surface area contributed by atoms with Crippen molar-refractivity contribution in [3.05, 3.63) is 42.9 Å². The van der Waals surface area contributed by atoms with E-state index in [4.69, 9.17) is 5.11 Å². The maximum atomic E-state index is 12.5.